The molecule has 1 rings (SSSR count). The Bertz CT molecular complexity index is 194. The lowest BCUT2D eigenvalue weighted by molar-refractivity contribution is -0.116. The van der Waals surface area contributed by atoms with Gasteiger partial charge in [0, 0.05) is 6.08 Å². The van der Waals surface area contributed by atoms with Gasteiger partial charge in [0.25, 0.3) is 0 Å². The van der Waals surface area contributed by atoms with Gasteiger partial charge in [-0.2, -0.15) is 0 Å². The van der Waals surface area contributed by atoms with Crippen LogP contribution in [0.2, 0.25) is 0 Å². The number of carbonyl (C=O) groups excluding carboxylic acids is 2. The summed E-state index contributed by atoms with van der Waals surface area (Å²) in [7, 11) is 0. The summed E-state index contributed by atoms with van der Waals surface area (Å²) in [6.07, 6.45) is 0.571. The Kier molecular flexibility index (Phi) is 1.22. The van der Waals surface area contributed by atoms with Crippen molar-refractivity contribution in [1.82, 2.24) is 0 Å². The number of ketones is 1. The topological polar surface area (TPSA) is 69.4 Å². The van der Waals surface area contributed by atoms with Crippen LogP contribution in [0.1, 0.15) is 6.42 Å². The molecule has 1 aliphatic carbocycles. The molecule has 0 unspecified atom stereocenters. The standard InChI is InChI=1S/C5H5NO3/c6-5(8)9-4-1-3(7)2-4/h1H,2H2,(H2,6,8). The summed E-state index contributed by atoms with van der Waals surface area (Å²) in [5.41, 5.74) is 4.63. The molecule has 0 aromatic carbocycles. The lowest BCUT2D eigenvalue weighted by Crippen LogP contribution is -2.19. The van der Waals surface area contributed by atoms with Crippen LogP contribution in [0.15, 0.2) is 11.8 Å². The molecule has 1 amide bonds. The molecule has 0 heterocycles. The number of nitrogens with two attached hydrogens (primary N) is 1. The first-order valence-electron chi connectivity index (χ1n) is 2.39. The second-order valence-corrected chi connectivity index (χ2v) is 1.67. The number of hydrogen-bond donors (Lipinski definition) is 1. The van der Waals surface area contributed by atoms with Gasteiger partial charge in [-0.05, 0) is 0 Å². The van der Waals surface area contributed by atoms with E-state index in [1.54, 1.807) is 0 Å². The van der Waals surface area contributed by atoms with E-state index in [0.29, 0.717) is 5.76 Å². The van der Waals surface area contributed by atoms with Gasteiger partial charge in [-0.25, -0.2) is 4.79 Å². The van der Waals surface area contributed by atoms with E-state index < -0.39 is 6.09 Å². The summed E-state index contributed by atoms with van der Waals surface area (Å²) < 4.78 is 4.34. The number of ether oxygens (including phenoxy) is 1. The summed E-state index contributed by atoms with van der Waals surface area (Å²) in [5.74, 6) is 0.318. The second-order valence-electron chi connectivity index (χ2n) is 1.67. The summed E-state index contributed by atoms with van der Waals surface area (Å²) in [6, 6.07) is 0. The molecular formula is C5H5NO3. The van der Waals surface area contributed by atoms with E-state index in [0.717, 1.165) is 0 Å². The van der Waals surface area contributed by atoms with Gasteiger partial charge in [-0.15, -0.1) is 0 Å². The van der Waals surface area contributed by atoms with Crippen molar-refractivity contribution < 1.29 is 14.3 Å². The number of primary amides is 1. The molecule has 0 fully saturated rings. The normalized spacial score (nSPS) is 16.0. The van der Waals surface area contributed by atoms with E-state index in [1.807, 2.05) is 0 Å². The molecule has 0 atom stereocenters. The summed E-state index contributed by atoms with van der Waals surface area (Å²) in [6.45, 7) is 0. The van der Waals surface area contributed by atoms with Crippen LogP contribution in [0.25, 0.3) is 0 Å². The van der Waals surface area contributed by atoms with E-state index in [9.17, 15) is 9.59 Å². The highest BCUT2D eigenvalue weighted by Gasteiger charge is 2.17. The molecule has 0 aromatic rings. The van der Waals surface area contributed by atoms with Crippen LogP contribution in [0, 0.1) is 0 Å². The van der Waals surface area contributed by atoms with E-state index in [2.05, 4.69) is 10.5 Å². The highest BCUT2D eigenvalue weighted by molar-refractivity contribution is 5.98. The minimum absolute atomic E-state index is 0.0359. The molecular weight excluding hydrogens is 122 g/mol. The van der Waals surface area contributed by atoms with Crippen LogP contribution in [-0.4, -0.2) is 11.9 Å². The maximum atomic E-state index is 10.2. The predicted octanol–water partition coefficient (Wildman–Crippen LogP) is -0.0616. The Morgan fingerprint density at radius 3 is 2.67 bits per heavy atom. The van der Waals surface area contributed by atoms with Crippen molar-refractivity contribution in [2.24, 2.45) is 5.73 Å². The molecule has 1 aliphatic rings. The number of amides is 1. The third-order valence-electron chi connectivity index (χ3n) is 0.902. The zero-order valence-corrected chi connectivity index (χ0v) is 4.59. The number of hydrogen-bond acceptors (Lipinski definition) is 3. The van der Waals surface area contributed by atoms with E-state index in [1.165, 1.54) is 6.08 Å². The van der Waals surface area contributed by atoms with Crippen molar-refractivity contribution in [3.05, 3.63) is 11.8 Å². The van der Waals surface area contributed by atoms with Crippen molar-refractivity contribution >= 4 is 11.9 Å². The Morgan fingerprint density at radius 2 is 2.33 bits per heavy atom. The van der Waals surface area contributed by atoms with Gasteiger partial charge in [-0.1, -0.05) is 0 Å². The third-order valence-corrected chi connectivity index (χ3v) is 0.902. The smallest absolute Gasteiger partial charge is 0.409 e. The van der Waals surface area contributed by atoms with Crippen LogP contribution in [0.3, 0.4) is 0 Å². The molecule has 2 N–H and O–H groups in total. The second kappa shape index (κ2) is 1.89. The Hall–Kier alpha value is -1.32. The fourth-order valence-electron chi connectivity index (χ4n) is 0.517. The summed E-state index contributed by atoms with van der Waals surface area (Å²) in [4.78, 5) is 20.1. The molecule has 4 nitrogen and oxygen atoms in total. The molecule has 0 aliphatic heterocycles. The van der Waals surface area contributed by atoms with Crippen molar-refractivity contribution in [2.75, 3.05) is 0 Å². The van der Waals surface area contributed by atoms with Gasteiger partial charge in [0.15, 0.2) is 5.78 Å². The zero-order chi connectivity index (χ0) is 6.85. The Morgan fingerprint density at radius 1 is 1.78 bits per heavy atom. The van der Waals surface area contributed by atoms with Crippen molar-refractivity contribution in [3.8, 4) is 0 Å². The van der Waals surface area contributed by atoms with Gasteiger partial charge >= 0.3 is 6.09 Å². The molecule has 0 spiro atoms. The van der Waals surface area contributed by atoms with Gasteiger partial charge in [0.1, 0.15) is 5.76 Å². The fraction of sp³-hybridized carbons (Fsp3) is 0.200. The average molecular weight is 127 g/mol. The first kappa shape index (κ1) is 5.81. The minimum atomic E-state index is -0.867. The van der Waals surface area contributed by atoms with Crippen molar-refractivity contribution in [3.63, 3.8) is 0 Å². The van der Waals surface area contributed by atoms with Crippen LogP contribution < -0.4 is 5.73 Å². The molecule has 4 heteroatoms. The molecule has 0 bridgehead atoms. The highest BCUT2D eigenvalue weighted by Crippen LogP contribution is 2.14. The Balaban J connectivity index is 2.41. The van der Waals surface area contributed by atoms with Gasteiger partial charge < -0.3 is 10.5 Å². The van der Waals surface area contributed by atoms with E-state index in [-0.39, 0.29) is 12.2 Å². The summed E-state index contributed by atoms with van der Waals surface area (Å²) >= 11 is 0. The lowest BCUT2D eigenvalue weighted by Gasteiger charge is -2.10. The van der Waals surface area contributed by atoms with E-state index >= 15 is 0 Å². The molecule has 48 valence electrons. The van der Waals surface area contributed by atoms with Gasteiger partial charge in [-0.3, -0.25) is 4.79 Å². The SMILES string of the molecule is NC(=O)OC1=CC(=O)C1. The first-order valence-corrected chi connectivity index (χ1v) is 2.39. The van der Waals surface area contributed by atoms with Crippen LogP contribution in [0.4, 0.5) is 4.79 Å². The monoisotopic (exact) mass is 127 g/mol. The van der Waals surface area contributed by atoms with Crippen molar-refractivity contribution in [1.29, 1.82) is 0 Å². The molecule has 0 radical (unpaired) electrons. The fourth-order valence-corrected chi connectivity index (χ4v) is 0.517. The van der Waals surface area contributed by atoms with Crippen LogP contribution >= 0.6 is 0 Å². The summed E-state index contributed by atoms with van der Waals surface area (Å²) in [5, 5.41) is 0. The van der Waals surface area contributed by atoms with Crippen LogP contribution in [0.5, 0.6) is 0 Å². The Labute approximate surface area is 51.3 Å². The van der Waals surface area contributed by atoms with Crippen LogP contribution in [-0.2, 0) is 9.53 Å². The molecule has 0 saturated heterocycles. The van der Waals surface area contributed by atoms with Crippen molar-refractivity contribution in [2.45, 2.75) is 6.42 Å². The number of allylic oxidation sites excluding steroid dienone is 2. The molecule has 0 saturated carbocycles. The van der Waals surface area contributed by atoms with Gasteiger partial charge in [0.05, 0.1) is 6.42 Å². The maximum absolute atomic E-state index is 10.2. The predicted molar refractivity (Wildman–Crippen MR) is 28.4 cm³/mol. The van der Waals surface area contributed by atoms with E-state index in [4.69, 9.17) is 0 Å². The lowest BCUT2D eigenvalue weighted by atomic mass is 10.1. The minimum Gasteiger partial charge on any atom is -0.414 e. The largest absolute Gasteiger partial charge is 0.414 e. The van der Waals surface area contributed by atoms with Gasteiger partial charge in [0.2, 0.25) is 0 Å². The first-order chi connectivity index (χ1) is 4.18. The number of carbonyl (C=O) groups is 2. The third kappa shape index (κ3) is 1.28. The molecule has 0 aromatic heterocycles. The average Bonchev–Trinajstić information content (AvgIpc) is 1.60. The zero-order valence-electron chi connectivity index (χ0n) is 4.59. The maximum Gasteiger partial charge on any atom is 0.409 e. The number of rotatable bonds is 1. The molecule has 9 heavy (non-hydrogen) atoms. The highest BCUT2D eigenvalue weighted by atomic mass is 16.6. The quantitative estimate of drug-likeness (QED) is 0.536.